The van der Waals surface area contributed by atoms with Gasteiger partial charge in [0.1, 0.15) is 5.69 Å². The maximum absolute atomic E-state index is 10.7. The Morgan fingerprint density at radius 2 is 1.00 bits per heavy atom. The van der Waals surface area contributed by atoms with Crippen molar-refractivity contribution in [3.05, 3.63) is 107 Å². The van der Waals surface area contributed by atoms with E-state index in [9.17, 15) is 50.4 Å². The summed E-state index contributed by atoms with van der Waals surface area (Å²) in [4.78, 5) is 13.9. The average molecular weight is 1040 g/mol. The van der Waals surface area contributed by atoms with Crippen LogP contribution in [-0.2, 0) is 39.9 Å². The second-order valence-corrected chi connectivity index (χ2v) is 19.8. The molecule has 0 unspecified atom stereocenters. The number of fused-ring (bicyclic) bond motifs is 2. The minimum atomic E-state index is -10.7. The van der Waals surface area contributed by atoms with E-state index in [1.54, 1.807) is 30.5 Å². The second-order valence-electron chi connectivity index (χ2n) is 16.0. The van der Waals surface area contributed by atoms with E-state index in [1.165, 1.54) is 44.4 Å². The predicted octanol–water partition coefficient (Wildman–Crippen LogP) is 17.7. The van der Waals surface area contributed by atoms with Crippen molar-refractivity contribution in [3.8, 4) is 35.8 Å². The van der Waals surface area contributed by atoms with Gasteiger partial charge in [0.25, 0.3) is 0 Å². The number of benzene rings is 2. The molecule has 372 valence electrons. The summed E-state index contributed by atoms with van der Waals surface area (Å²) < 4.78 is 125. The molecule has 0 amide bonds. The summed E-state index contributed by atoms with van der Waals surface area (Å²) in [5.41, 5.74) is 7.95. The molecule has 0 spiro atoms. The fourth-order valence-electron chi connectivity index (χ4n) is 5.00. The van der Waals surface area contributed by atoms with E-state index in [1.807, 2.05) is 48.8 Å². The van der Waals surface area contributed by atoms with Gasteiger partial charge in [0.2, 0.25) is 0 Å². The first kappa shape index (κ1) is 65.8. The molecule has 0 saturated carbocycles. The van der Waals surface area contributed by atoms with Crippen LogP contribution in [0.15, 0.2) is 78.0 Å². The second kappa shape index (κ2) is 23.5. The molecule has 67 heavy (non-hydrogen) atoms. The van der Waals surface area contributed by atoms with E-state index in [2.05, 4.69) is 94.9 Å². The molecular formula is C43H52F12FeN8OP2. The van der Waals surface area contributed by atoms with Gasteiger partial charge in [0.15, 0.2) is 11.5 Å². The van der Waals surface area contributed by atoms with E-state index < -0.39 is 15.6 Å². The summed E-state index contributed by atoms with van der Waals surface area (Å²) in [7, 11) is -21.3. The molecule has 0 radical (unpaired) electrons. The normalized spacial score (nSPS) is 13.9. The third-order valence-corrected chi connectivity index (χ3v) is 7.65. The third-order valence-electron chi connectivity index (χ3n) is 7.65. The maximum atomic E-state index is 9.87. The van der Waals surface area contributed by atoms with Crippen LogP contribution < -0.4 is 10.1 Å². The summed E-state index contributed by atoms with van der Waals surface area (Å²) in [6, 6.07) is 27.8. The predicted molar refractivity (Wildman–Crippen MR) is 238 cm³/mol. The minimum absolute atomic E-state index is 0. The number of hydrogen-bond donors (Lipinski definition) is 1. The zero-order valence-corrected chi connectivity index (χ0v) is 41.4. The Balaban J connectivity index is -0.00000125. The van der Waals surface area contributed by atoms with Crippen molar-refractivity contribution in [2.75, 3.05) is 5.32 Å². The standard InChI is InChI=1S/C35H40N4O.4C2H3N.2F6P.Fe/c1-33(2,3)23-17-27-31(29(19-23)38-21-25-13-9-11-15-36-25)40-32-28(35(27,7)8)18-24(34(4,5)6)20-30(32)39-22-26-14-10-12-16-37-26;4*1-2-3;2*1-7(2,3,4,5)6;/h9-21,39H,22H2,1-8H3;4*1H3;;;/q;;;;;2*-1;+2. The van der Waals surface area contributed by atoms with Crippen LogP contribution in [-0.4, -0.2) is 16.2 Å². The number of aliphatic imine (C=N–C) groups is 1. The molecule has 1 aliphatic heterocycles. The molecular weight excluding hydrogens is 990 g/mol. The van der Waals surface area contributed by atoms with Crippen LogP contribution in [0.5, 0.6) is 11.5 Å². The average Bonchev–Trinajstić information content (AvgIpc) is 3.12. The van der Waals surface area contributed by atoms with Crippen LogP contribution in [0.1, 0.15) is 117 Å². The molecule has 0 atom stereocenters. The number of hydrogen-bond acceptors (Lipinski definition) is 9. The van der Waals surface area contributed by atoms with Gasteiger partial charge in [-0.25, -0.2) is 0 Å². The van der Waals surface area contributed by atoms with E-state index >= 15 is 0 Å². The van der Waals surface area contributed by atoms with Gasteiger partial charge in [-0.05, 0) is 58.4 Å². The quantitative estimate of drug-likeness (QED) is 0.0897. The largest absolute Gasteiger partial charge is 2.00 e. The zero-order valence-electron chi connectivity index (χ0n) is 38.5. The zero-order chi connectivity index (χ0) is 52.4. The number of ether oxygens (including phenoxy) is 1. The first-order valence-corrected chi connectivity index (χ1v) is 23.0. The fourth-order valence-corrected chi connectivity index (χ4v) is 5.00. The Labute approximate surface area is 393 Å². The van der Waals surface area contributed by atoms with Crippen molar-refractivity contribution in [3.63, 3.8) is 0 Å². The van der Waals surface area contributed by atoms with Gasteiger partial charge in [-0.15, -0.1) is 0 Å². The van der Waals surface area contributed by atoms with E-state index in [-0.39, 0.29) is 33.3 Å². The third kappa shape index (κ3) is 32.0. The number of nitriles is 4. The van der Waals surface area contributed by atoms with Gasteiger partial charge >= 0.3 is 83.0 Å². The summed E-state index contributed by atoms with van der Waals surface area (Å²) >= 11 is 0. The molecule has 1 aliphatic rings. The Morgan fingerprint density at radius 1 is 0.627 bits per heavy atom. The van der Waals surface area contributed by atoms with Crippen LogP contribution in [0.2, 0.25) is 0 Å². The SMILES string of the molecule is CC#N.CC#N.CC#N.CC#N.CC(C)(C)c1cc(N=Cc2ccccn2)c2c(c1)C(C)(C)c1cc(C(C)(C)C)cc(NCc3ccccn3)c1O2.F[P-](F)(F)(F)(F)F.F[P-](F)(F)(F)(F)F.[Fe+2]. The number of aromatic nitrogens is 2. The summed E-state index contributed by atoms with van der Waals surface area (Å²) in [5.74, 6) is 1.64. The molecule has 5 rings (SSSR count). The number of rotatable bonds is 5. The molecule has 0 saturated heterocycles. The molecule has 2 aromatic heterocycles. The monoisotopic (exact) mass is 1040 g/mol. The fraction of sp³-hybridized carbons (Fsp3) is 0.372. The molecule has 9 nitrogen and oxygen atoms in total. The molecule has 3 heterocycles. The van der Waals surface area contributed by atoms with Crippen LogP contribution in [0.3, 0.4) is 0 Å². The van der Waals surface area contributed by atoms with Crippen molar-refractivity contribution in [2.24, 2.45) is 4.99 Å². The number of halogens is 12. The number of nitrogens with zero attached hydrogens (tertiary/aromatic N) is 7. The Bertz CT molecular complexity index is 2320. The van der Waals surface area contributed by atoms with Crippen molar-refractivity contribution >= 4 is 33.2 Å². The van der Waals surface area contributed by atoms with Gasteiger partial charge < -0.3 is 10.1 Å². The van der Waals surface area contributed by atoms with Gasteiger partial charge in [0, 0.05) is 56.6 Å². The summed E-state index contributed by atoms with van der Waals surface area (Å²) in [6.45, 7) is 24.4. The number of anilines is 1. The van der Waals surface area contributed by atoms with Crippen molar-refractivity contribution in [1.82, 2.24) is 9.97 Å². The Kier molecular flexibility index (Phi) is 23.1. The molecule has 24 heteroatoms. The first-order chi connectivity index (χ1) is 29.4. The van der Waals surface area contributed by atoms with Crippen LogP contribution in [0.25, 0.3) is 0 Å². The molecule has 2 aromatic carbocycles. The Hall–Kier alpha value is -5.49. The first-order valence-electron chi connectivity index (χ1n) is 18.9. The minimum Gasteiger partial charge on any atom is 2.00 e. The summed E-state index contributed by atoms with van der Waals surface area (Å²) in [5, 5.41) is 32.9. The van der Waals surface area contributed by atoms with Crippen LogP contribution in [0.4, 0.5) is 61.7 Å². The smallest absolute Gasteiger partial charge is 2.00 e. The van der Waals surface area contributed by atoms with Crippen molar-refractivity contribution in [1.29, 1.82) is 21.0 Å². The molecule has 1 N–H and O–H groups in total. The van der Waals surface area contributed by atoms with Gasteiger partial charge in [-0.2, -0.15) is 21.0 Å². The van der Waals surface area contributed by atoms with Crippen molar-refractivity contribution in [2.45, 2.75) is 106 Å². The van der Waals surface area contributed by atoms with Crippen LogP contribution >= 0.6 is 15.6 Å². The topological polar surface area (TPSA) is 155 Å². The van der Waals surface area contributed by atoms with Crippen LogP contribution in [0, 0.1) is 45.3 Å². The maximum Gasteiger partial charge on any atom is 2.00 e. The molecule has 0 aliphatic carbocycles. The van der Waals surface area contributed by atoms with E-state index in [4.69, 9.17) is 30.8 Å². The number of nitrogens with one attached hydrogen (secondary N) is 1. The molecule has 0 bridgehead atoms. The van der Waals surface area contributed by atoms with Gasteiger partial charge in [0.05, 0.1) is 54.1 Å². The number of pyridine rings is 2. The Morgan fingerprint density at radius 3 is 1.36 bits per heavy atom. The van der Waals surface area contributed by atoms with Gasteiger partial charge in [-0.1, -0.05) is 79.7 Å². The van der Waals surface area contributed by atoms with E-state index in [0.717, 1.165) is 39.8 Å². The molecule has 0 fully saturated rings. The molecule has 4 aromatic rings. The van der Waals surface area contributed by atoms with E-state index in [0.29, 0.717) is 6.54 Å². The summed E-state index contributed by atoms with van der Waals surface area (Å²) in [6.07, 6.45) is 5.42. The van der Waals surface area contributed by atoms with Gasteiger partial charge in [-0.3, -0.25) is 15.0 Å². The van der Waals surface area contributed by atoms with Crippen molar-refractivity contribution < 1.29 is 72.2 Å².